The Hall–Kier alpha value is -4.83. The van der Waals surface area contributed by atoms with Gasteiger partial charge in [-0.25, -0.2) is 4.39 Å². The van der Waals surface area contributed by atoms with Crippen LogP contribution in [0.25, 0.3) is 5.69 Å². The Morgan fingerprint density at radius 3 is 2.21 bits per heavy atom. The second-order valence-corrected chi connectivity index (χ2v) is 10.6. The van der Waals surface area contributed by atoms with Gasteiger partial charge >= 0.3 is 0 Å². The minimum absolute atomic E-state index is 0.0430. The van der Waals surface area contributed by atoms with Crippen molar-refractivity contribution in [1.29, 1.82) is 0 Å². The number of carbonyl (C=O) groups excluding carboxylic acids is 1. The molecule has 1 aromatic heterocycles. The molecule has 8 nitrogen and oxygen atoms in total. The molecule has 1 unspecified atom stereocenters. The monoisotopic (exact) mass is 581 g/mol. The van der Waals surface area contributed by atoms with E-state index in [-0.39, 0.29) is 17.4 Å². The summed E-state index contributed by atoms with van der Waals surface area (Å²) in [6.45, 7) is 2.06. The van der Waals surface area contributed by atoms with Crippen LogP contribution >= 0.6 is 11.8 Å². The summed E-state index contributed by atoms with van der Waals surface area (Å²) in [6, 6.07) is 29.0. The van der Waals surface area contributed by atoms with E-state index in [0.29, 0.717) is 34.4 Å². The van der Waals surface area contributed by atoms with E-state index in [9.17, 15) is 19.3 Å². The van der Waals surface area contributed by atoms with Crippen molar-refractivity contribution in [3.63, 3.8) is 0 Å². The second-order valence-electron chi connectivity index (χ2n) is 9.63. The van der Waals surface area contributed by atoms with E-state index in [1.165, 1.54) is 36.0 Å². The largest absolute Gasteiger partial charge is 0.342 e. The van der Waals surface area contributed by atoms with Crippen LogP contribution in [0.4, 0.5) is 10.1 Å². The van der Waals surface area contributed by atoms with Gasteiger partial charge in [0.1, 0.15) is 5.82 Å². The van der Waals surface area contributed by atoms with Crippen molar-refractivity contribution in [1.82, 2.24) is 20.1 Å². The molecule has 0 bridgehead atoms. The highest BCUT2D eigenvalue weighted by molar-refractivity contribution is 7.98. The maximum absolute atomic E-state index is 13.5. The fourth-order valence-electron chi connectivity index (χ4n) is 4.49. The number of benzene rings is 4. The average molecular weight is 582 g/mol. The molecule has 212 valence electrons. The van der Waals surface area contributed by atoms with Gasteiger partial charge in [-0.15, -0.1) is 10.2 Å². The first kappa shape index (κ1) is 28.7. The summed E-state index contributed by atoms with van der Waals surface area (Å²) in [5, 5.41) is 24.0. The molecular weight excluding hydrogens is 553 g/mol. The Balaban J connectivity index is 1.54. The molecule has 1 heterocycles. The summed E-state index contributed by atoms with van der Waals surface area (Å²) in [5.41, 5.74) is 4.11. The average Bonchev–Trinajstić information content (AvgIpc) is 3.45. The maximum Gasteiger partial charge on any atom is 0.269 e. The summed E-state index contributed by atoms with van der Waals surface area (Å²) in [6.07, 6.45) is 1.31. The van der Waals surface area contributed by atoms with Crippen molar-refractivity contribution in [2.75, 3.05) is 0 Å². The van der Waals surface area contributed by atoms with Gasteiger partial charge in [-0.2, -0.15) is 0 Å². The second kappa shape index (κ2) is 13.2. The highest BCUT2D eigenvalue weighted by Gasteiger charge is 2.26. The molecule has 10 heteroatoms. The Bertz CT molecular complexity index is 1660. The summed E-state index contributed by atoms with van der Waals surface area (Å²) < 4.78 is 15.3. The van der Waals surface area contributed by atoms with Crippen LogP contribution in [-0.4, -0.2) is 25.6 Å². The Kier molecular flexibility index (Phi) is 9.03. The topological polar surface area (TPSA) is 103 Å². The lowest BCUT2D eigenvalue weighted by Gasteiger charge is -2.20. The van der Waals surface area contributed by atoms with Gasteiger partial charge in [0.05, 0.1) is 11.0 Å². The van der Waals surface area contributed by atoms with E-state index in [1.807, 2.05) is 47.0 Å². The van der Waals surface area contributed by atoms with Crippen LogP contribution in [0, 0.1) is 15.9 Å². The molecular formula is C32H28FN5O3S. The number of aryl methyl sites for hydroxylation is 1. The lowest BCUT2D eigenvalue weighted by Crippen LogP contribution is -2.32. The van der Waals surface area contributed by atoms with Crippen LogP contribution in [0.15, 0.2) is 108 Å². The molecule has 0 aliphatic heterocycles. The van der Waals surface area contributed by atoms with Gasteiger partial charge in [-0.05, 0) is 65.9 Å². The van der Waals surface area contributed by atoms with Gasteiger partial charge in [0, 0.05) is 29.1 Å². The molecule has 1 atom stereocenters. The molecule has 4 aromatic carbocycles. The Morgan fingerprint density at radius 2 is 1.57 bits per heavy atom. The summed E-state index contributed by atoms with van der Waals surface area (Å²) >= 11 is 1.40. The van der Waals surface area contributed by atoms with Crippen LogP contribution in [0.2, 0.25) is 0 Å². The van der Waals surface area contributed by atoms with Crippen LogP contribution in [0.3, 0.4) is 0 Å². The van der Waals surface area contributed by atoms with Crippen molar-refractivity contribution in [2.24, 2.45) is 0 Å². The summed E-state index contributed by atoms with van der Waals surface area (Å²) in [7, 11) is 0. The lowest BCUT2D eigenvalue weighted by molar-refractivity contribution is -0.384. The molecule has 0 spiro atoms. The third-order valence-electron chi connectivity index (χ3n) is 6.78. The number of aromatic nitrogens is 3. The smallest absolute Gasteiger partial charge is 0.269 e. The lowest BCUT2D eigenvalue weighted by atomic mass is 10.0. The van der Waals surface area contributed by atoms with Crippen LogP contribution < -0.4 is 5.32 Å². The number of carbonyl (C=O) groups is 1. The highest BCUT2D eigenvalue weighted by atomic mass is 32.2. The summed E-state index contributed by atoms with van der Waals surface area (Å²) in [5.74, 6) is 0.402. The van der Waals surface area contributed by atoms with Crippen LogP contribution in [0.5, 0.6) is 0 Å². The maximum atomic E-state index is 13.5. The van der Waals surface area contributed by atoms with Gasteiger partial charge < -0.3 is 5.32 Å². The van der Waals surface area contributed by atoms with Crippen molar-refractivity contribution >= 4 is 23.4 Å². The van der Waals surface area contributed by atoms with Gasteiger partial charge in [0.2, 0.25) is 0 Å². The van der Waals surface area contributed by atoms with Gasteiger partial charge in [0.25, 0.3) is 11.6 Å². The molecule has 5 rings (SSSR count). The standard InChI is InChI=1S/C32H28FN5O3S/c1-2-22-8-12-25(13-9-22)31(39)34-29(20-23-6-4-3-5-7-23)30-35-36-32(42-21-24-10-14-26(33)15-11-24)37(30)27-16-18-28(19-17-27)38(40)41/h3-19,29H,2,20-21H2,1H3,(H,34,39). The fourth-order valence-corrected chi connectivity index (χ4v) is 5.40. The number of nitrogens with zero attached hydrogens (tertiary/aromatic N) is 4. The zero-order valence-electron chi connectivity index (χ0n) is 22.8. The molecule has 0 fully saturated rings. The normalized spacial score (nSPS) is 11.7. The number of non-ortho nitro benzene ring substituents is 1. The number of nitrogens with one attached hydrogen (secondary N) is 1. The third kappa shape index (κ3) is 6.90. The first-order valence-electron chi connectivity index (χ1n) is 13.4. The molecule has 0 radical (unpaired) electrons. The Morgan fingerprint density at radius 1 is 0.905 bits per heavy atom. The van der Waals surface area contributed by atoms with Crippen molar-refractivity contribution in [2.45, 2.75) is 36.7 Å². The first-order chi connectivity index (χ1) is 20.4. The Labute approximate surface area is 246 Å². The molecule has 42 heavy (non-hydrogen) atoms. The van der Waals surface area contributed by atoms with E-state index in [4.69, 9.17) is 0 Å². The number of halogens is 1. The quantitative estimate of drug-likeness (QED) is 0.104. The van der Waals surface area contributed by atoms with E-state index in [1.54, 1.807) is 36.4 Å². The predicted molar refractivity (Wildman–Crippen MR) is 160 cm³/mol. The van der Waals surface area contributed by atoms with Crippen molar-refractivity contribution in [3.05, 3.63) is 147 Å². The molecule has 0 saturated heterocycles. The van der Waals surface area contributed by atoms with E-state index in [0.717, 1.165) is 23.1 Å². The molecule has 0 saturated carbocycles. The predicted octanol–water partition coefficient (Wildman–Crippen LogP) is 6.88. The van der Waals surface area contributed by atoms with Gasteiger partial charge in [-0.3, -0.25) is 19.5 Å². The number of amides is 1. The zero-order valence-corrected chi connectivity index (χ0v) is 23.6. The molecule has 1 N–H and O–H groups in total. The van der Waals surface area contributed by atoms with Crippen molar-refractivity contribution in [3.8, 4) is 5.69 Å². The van der Waals surface area contributed by atoms with Gasteiger partial charge in [-0.1, -0.05) is 73.3 Å². The molecule has 0 aliphatic rings. The molecule has 0 aliphatic carbocycles. The third-order valence-corrected chi connectivity index (χ3v) is 7.78. The number of rotatable bonds is 11. The van der Waals surface area contributed by atoms with Crippen LogP contribution in [0.1, 0.15) is 45.8 Å². The number of nitro benzene ring substituents is 1. The summed E-state index contributed by atoms with van der Waals surface area (Å²) in [4.78, 5) is 24.3. The molecule has 5 aromatic rings. The SMILES string of the molecule is CCc1ccc(C(=O)NC(Cc2ccccc2)c2nnc(SCc3ccc(F)cc3)n2-c2ccc([N+](=O)[O-])cc2)cc1. The minimum Gasteiger partial charge on any atom is -0.342 e. The first-order valence-corrected chi connectivity index (χ1v) is 14.4. The van der Waals surface area contributed by atoms with E-state index in [2.05, 4.69) is 22.4 Å². The minimum atomic E-state index is -0.575. The number of thioether (sulfide) groups is 1. The number of hydrogen-bond acceptors (Lipinski definition) is 6. The van der Waals surface area contributed by atoms with Gasteiger partial charge in [0.15, 0.2) is 11.0 Å². The van der Waals surface area contributed by atoms with Crippen LogP contribution in [-0.2, 0) is 18.6 Å². The fraction of sp³-hybridized carbons (Fsp3) is 0.156. The number of nitro groups is 1. The van der Waals surface area contributed by atoms with Crippen molar-refractivity contribution < 1.29 is 14.1 Å². The highest BCUT2D eigenvalue weighted by Crippen LogP contribution is 2.30. The van der Waals surface area contributed by atoms with E-state index < -0.39 is 11.0 Å². The molecule has 1 amide bonds. The zero-order chi connectivity index (χ0) is 29.5. The number of hydrogen-bond donors (Lipinski definition) is 1. The van der Waals surface area contributed by atoms with E-state index >= 15 is 0 Å².